The summed E-state index contributed by atoms with van der Waals surface area (Å²) in [4.78, 5) is 26.8. The molecule has 1 heterocycles. The molecular weight excluding hydrogens is 497 g/mol. The molecule has 36 heavy (non-hydrogen) atoms. The Morgan fingerprint density at radius 1 is 1.03 bits per heavy atom. The van der Waals surface area contributed by atoms with Gasteiger partial charge in [-0.1, -0.05) is 48.0 Å². The number of anilines is 2. The SMILES string of the molecule is O=C(Nc1ccc(Cl)c([N+](=O)[O-])c1)[C@H](c1ccccc1)[NH+]1CCN(c2cccc(C(F)(F)F)c2)CC1. The number of carbonyl (C=O) groups is 1. The van der Waals surface area contributed by atoms with Gasteiger partial charge in [0.15, 0.2) is 6.04 Å². The minimum Gasteiger partial charge on any atom is -0.360 e. The number of amides is 1. The molecule has 1 fully saturated rings. The quantitative estimate of drug-likeness (QED) is 0.375. The highest BCUT2D eigenvalue weighted by atomic mass is 35.5. The van der Waals surface area contributed by atoms with E-state index in [9.17, 15) is 28.1 Å². The maximum atomic E-state index is 13.4. The van der Waals surface area contributed by atoms with E-state index in [1.165, 1.54) is 24.3 Å². The topological polar surface area (TPSA) is 79.9 Å². The predicted octanol–water partition coefficient (Wildman–Crippen LogP) is 4.35. The van der Waals surface area contributed by atoms with Gasteiger partial charge in [-0.2, -0.15) is 13.2 Å². The molecule has 188 valence electrons. The van der Waals surface area contributed by atoms with Gasteiger partial charge in [0.2, 0.25) is 0 Å². The van der Waals surface area contributed by atoms with E-state index in [4.69, 9.17) is 11.6 Å². The standard InChI is InChI=1S/C25H22ClF3N4O3/c26-21-10-9-19(16-22(21)33(35)36)30-24(34)23(17-5-2-1-3-6-17)32-13-11-31(12-14-32)20-8-4-7-18(15-20)25(27,28)29/h1-10,15-16,23H,11-14H2,(H,30,34)/p+1/t23-/m0/s1. The Kier molecular flexibility index (Phi) is 7.46. The molecule has 0 saturated carbocycles. The van der Waals surface area contributed by atoms with Crippen molar-refractivity contribution in [2.45, 2.75) is 12.2 Å². The van der Waals surface area contributed by atoms with Crippen LogP contribution in [0.1, 0.15) is 17.2 Å². The summed E-state index contributed by atoms with van der Waals surface area (Å²) >= 11 is 5.88. The van der Waals surface area contributed by atoms with Crippen molar-refractivity contribution in [2.75, 3.05) is 36.4 Å². The van der Waals surface area contributed by atoms with Gasteiger partial charge in [-0.3, -0.25) is 14.9 Å². The second-order valence-electron chi connectivity index (χ2n) is 8.45. The number of carbonyl (C=O) groups excluding carboxylic acids is 1. The monoisotopic (exact) mass is 519 g/mol. The van der Waals surface area contributed by atoms with Gasteiger partial charge in [0.05, 0.1) is 36.7 Å². The van der Waals surface area contributed by atoms with Gasteiger partial charge in [0, 0.05) is 23.0 Å². The molecule has 1 aliphatic heterocycles. The number of benzene rings is 3. The smallest absolute Gasteiger partial charge is 0.360 e. The Morgan fingerprint density at radius 2 is 1.72 bits per heavy atom. The predicted molar refractivity (Wildman–Crippen MR) is 130 cm³/mol. The van der Waals surface area contributed by atoms with Crippen LogP contribution in [0.5, 0.6) is 0 Å². The molecule has 0 aromatic heterocycles. The molecule has 0 bridgehead atoms. The van der Waals surface area contributed by atoms with Crippen molar-refractivity contribution in [3.63, 3.8) is 0 Å². The summed E-state index contributed by atoms with van der Waals surface area (Å²) in [7, 11) is 0. The number of nitro benzene ring substituents is 1. The molecule has 1 atom stereocenters. The van der Waals surface area contributed by atoms with Gasteiger partial charge in [-0.05, 0) is 30.3 Å². The largest absolute Gasteiger partial charge is 0.416 e. The minimum absolute atomic E-state index is 0.0334. The fourth-order valence-electron chi connectivity index (χ4n) is 4.38. The van der Waals surface area contributed by atoms with Crippen molar-refractivity contribution >= 4 is 34.6 Å². The van der Waals surface area contributed by atoms with E-state index in [1.807, 2.05) is 35.2 Å². The third-order valence-corrected chi connectivity index (χ3v) is 6.48. The molecule has 0 radical (unpaired) electrons. The van der Waals surface area contributed by atoms with Crippen LogP contribution in [0.15, 0.2) is 72.8 Å². The normalized spacial score (nSPS) is 15.4. The first-order chi connectivity index (χ1) is 17.1. The Hall–Kier alpha value is -3.63. The molecule has 4 rings (SSSR count). The molecule has 1 amide bonds. The first kappa shape index (κ1) is 25.5. The van der Waals surface area contributed by atoms with Gasteiger partial charge >= 0.3 is 6.18 Å². The number of hydrogen-bond donors (Lipinski definition) is 2. The van der Waals surface area contributed by atoms with Crippen LogP contribution in [0.25, 0.3) is 0 Å². The molecule has 2 N–H and O–H groups in total. The van der Waals surface area contributed by atoms with E-state index in [-0.39, 0.29) is 22.3 Å². The Balaban J connectivity index is 1.53. The summed E-state index contributed by atoms with van der Waals surface area (Å²) < 4.78 is 39.4. The molecule has 0 unspecified atom stereocenters. The van der Waals surface area contributed by atoms with Crippen molar-refractivity contribution in [1.29, 1.82) is 0 Å². The average Bonchev–Trinajstić information content (AvgIpc) is 2.86. The van der Waals surface area contributed by atoms with Gasteiger partial charge < -0.3 is 15.1 Å². The summed E-state index contributed by atoms with van der Waals surface area (Å²) in [6, 6.07) is 17.8. The Labute approximate surface area is 210 Å². The summed E-state index contributed by atoms with van der Waals surface area (Å²) in [5, 5.41) is 14.0. The summed E-state index contributed by atoms with van der Waals surface area (Å²) in [5.74, 6) is -0.347. The maximum Gasteiger partial charge on any atom is 0.416 e. The number of nitrogens with one attached hydrogen (secondary N) is 2. The van der Waals surface area contributed by atoms with E-state index >= 15 is 0 Å². The number of piperazine rings is 1. The van der Waals surface area contributed by atoms with Crippen LogP contribution in [0, 0.1) is 10.1 Å². The first-order valence-corrected chi connectivity index (χ1v) is 11.6. The number of rotatable bonds is 6. The lowest BCUT2D eigenvalue weighted by molar-refractivity contribution is -0.922. The molecule has 1 saturated heterocycles. The highest BCUT2D eigenvalue weighted by Crippen LogP contribution is 2.32. The minimum atomic E-state index is -4.42. The van der Waals surface area contributed by atoms with Crippen LogP contribution in [0.4, 0.5) is 30.2 Å². The van der Waals surface area contributed by atoms with Gasteiger partial charge in [-0.15, -0.1) is 0 Å². The number of nitrogens with zero attached hydrogens (tertiary/aromatic N) is 2. The maximum absolute atomic E-state index is 13.4. The first-order valence-electron chi connectivity index (χ1n) is 11.2. The van der Waals surface area contributed by atoms with Crippen molar-refractivity contribution < 1.29 is 27.8 Å². The number of nitro groups is 1. The molecule has 3 aromatic carbocycles. The summed E-state index contributed by atoms with van der Waals surface area (Å²) in [6.45, 7) is 1.92. The zero-order valence-electron chi connectivity index (χ0n) is 19.0. The zero-order chi connectivity index (χ0) is 25.9. The number of quaternary nitrogens is 1. The molecular formula is C25H23ClF3N4O3+. The number of alkyl halides is 3. The lowest BCUT2D eigenvalue weighted by atomic mass is 10.0. The number of hydrogen-bond acceptors (Lipinski definition) is 4. The Bertz CT molecular complexity index is 1250. The van der Waals surface area contributed by atoms with Crippen molar-refractivity contribution in [2.24, 2.45) is 0 Å². The zero-order valence-corrected chi connectivity index (χ0v) is 19.7. The van der Waals surface area contributed by atoms with Crippen LogP contribution in [0.3, 0.4) is 0 Å². The highest BCUT2D eigenvalue weighted by Gasteiger charge is 2.35. The van der Waals surface area contributed by atoms with Crippen molar-refractivity contribution in [3.05, 3.63) is 99.1 Å². The third-order valence-electron chi connectivity index (χ3n) is 6.16. The molecule has 0 spiro atoms. The van der Waals surface area contributed by atoms with Crippen LogP contribution in [-0.2, 0) is 11.0 Å². The van der Waals surface area contributed by atoms with Crippen LogP contribution in [0.2, 0.25) is 5.02 Å². The van der Waals surface area contributed by atoms with E-state index in [0.29, 0.717) is 31.9 Å². The fraction of sp³-hybridized carbons (Fsp3) is 0.240. The highest BCUT2D eigenvalue weighted by molar-refractivity contribution is 6.32. The Morgan fingerprint density at radius 3 is 2.36 bits per heavy atom. The van der Waals surface area contributed by atoms with E-state index < -0.39 is 22.7 Å². The number of halogens is 4. The van der Waals surface area contributed by atoms with Crippen molar-refractivity contribution in [1.82, 2.24) is 0 Å². The summed E-state index contributed by atoms with van der Waals surface area (Å²) in [5.41, 5.74) is 0.485. The lowest BCUT2D eigenvalue weighted by Crippen LogP contribution is -3.16. The van der Waals surface area contributed by atoms with E-state index in [0.717, 1.165) is 22.6 Å². The van der Waals surface area contributed by atoms with Crippen LogP contribution >= 0.6 is 11.6 Å². The molecule has 11 heteroatoms. The molecule has 0 aliphatic carbocycles. The summed E-state index contributed by atoms with van der Waals surface area (Å²) in [6.07, 6.45) is -4.42. The molecule has 1 aliphatic rings. The molecule has 3 aromatic rings. The van der Waals surface area contributed by atoms with Crippen LogP contribution < -0.4 is 15.1 Å². The van der Waals surface area contributed by atoms with Crippen molar-refractivity contribution in [3.8, 4) is 0 Å². The van der Waals surface area contributed by atoms with E-state index in [1.54, 1.807) is 6.07 Å². The van der Waals surface area contributed by atoms with Gasteiger partial charge in [0.25, 0.3) is 11.6 Å². The third kappa shape index (κ3) is 5.77. The second-order valence-corrected chi connectivity index (χ2v) is 8.86. The average molecular weight is 520 g/mol. The fourth-order valence-corrected chi connectivity index (χ4v) is 4.57. The second kappa shape index (κ2) is 10.5. The lowest BCUT2D eigenvalue weighted by Gasteiger charge is -2.37. The van der Waals surface area contributed by atoms with Gasteiger partial charge in [-0.25, -0.2) is 0 Å². The molecule has 7 nitrogen and oxygen atoms in total. The van der Waals surface area contributed by atoms with Crippen LogP contribution in [-0.4, -0.2) is 37.0 Å². The van der Waals surface area contributed by atoms with Gasteiger partial charge in [0.1, 0.15) is 5.02 Å². The van der Waals surface area contributed by atoms with E-state index in [2.05, 4.69) is 5.32 Å².